The highest BCUT2D eigenvalue weighted by Gasteiger charge is 2.37. The molecule has 4 nitrogen and oxygen atoms in total. The topological polar surface area (TPSA) is 59.6 Å². The molecule has 2 aromatic rings. The lowest BCUT2D eigenvalue weighted by atomic mass is 10.0. The van der Waals surface area contributed by atoms with Crippen molar-refractivity contribution < 1.29 is 4.74 Å². The van der Waals surface area contributed by atoms with Gasteiger partial charge in [-0.05, 0) is 30.4 Å². The van der Waals surface area contributed by atoms with Crippen molar-refractivity contribution in [3.8, 4) is 5.75 Å². The van der Waals surface area contributed by atoms with E-state index >= 15 is 0 Å². The lowest BCUT2D eigenvalue weighted by Gasteiger charge is -2.23. The highest BCUT2D eigenvalue weighted by Crippen LogP contribution is 2.35. The molecule has 2 aromatic carbocycles. The average Bonchev–Trinajstić information content (AvgIpc) is 3.33. The van der Waals surface area contributed by atoms with Crippen molar-refractivity contribution in [2.24, 2.45) is 16.6 Å². The maximum Gasteiger partial charge on any atom is 0.189 e. The van der Waals surface area contributed by atoms with Crippen LogP contribution in [0.3, 0.4) is 0 Å². The van der Waals surface area contributed by atoms with Gasteiger partial charge in [0.05, 0.1) is 12.6 Å². The lowest BCUT2D eigenvalue weighted by molar-refractivity contribution is 0.269. The standard InChI is InChI=1S/C20H23N3O.HI/c21-20(22-17-10-11-24-19-9-5-4-8-16(17)19)23-18-13-15(18)12-14-6-2-1-3-7-14;/h1-9,15,17-18H,10-13H2,(H3,21,22,23);1H. The molecule has 0 aromatic heterocycles. The Morgan fingerprint density at radius 3 is 2.72 bits per heavy atom. The second kappa shape index (κ2) is 8.08. The fraction of sp³-hybridized carbons (Fsp3) is 0.350. The molecule has 0 saturated heterocycles. The summed E-state index contributed by atoms with van der Waals surface area (Å²) < 4.78 is 5.68. The first kappa shape index (κ1) is 18.0. The molecule has 3 atom stereocenters. The molecule has 1 heterocycles. The monoisotopic (exact) mass is 449 g/mol. The zero-order chi connectivity index (χ0) is 16.4. The van der Waals surface area contributed by atoms with Crippen molar-refractivity contribution in [3.63, 3.8) is 0 Å². The number of fused-ring (bicyclic) bond motifs is 1. The highest BCUT2D eigenvalue weighted by molar-refractivity contribution is 14.0. The van der Waals surface area contributed by atoms with E-state index < -0.39 is 0 Å². The van der Waals surface area contributed by atoms with Gasteiger partial charge in [0.2, 0.25) is 0 Å². The average molecular weight is 449 g/mol. The van der Waals surface area contributed by atoms with Crippen LogP contribution in [0.1, 0.15) is 30.0 Å². The summed E-state index contributed by atoms with van der Waals surface area (Å²) in [5, 5.41) is 3.39. The van der Waals surface area contributed by atoms with Gasteiger partial charge in [-0.2, -0.15) is 0 Å². The van der Waals surface area contributed by atoms with Crippen LogP contribution < -0.4 is 15.8 Å². The number of benzene rings is 2. The van der Waals surface area contributed by atoms with E-state index in [1.54, 1.807) is 0 Å². The smallest absolute Gasteiger partial charge is 0.189 e. The number of para-hydroxylation sites is 1. The van der Waals surface area contributed by atoms with E-state index in [0.29, 0.717) is 24.5 Å². The molecule has 3 N–H and O–H groups in total. The van der Waals surface area contributed by atoms with Gasteiger partial charge in [0, 0.05) is 18.0 Å². The molecule has 132 valence electrons. The molecule has 0 radical (unpaired) electrons. The maximum absolute atomic E-state index is 6.16. The van der Waals surface area contributed by atoms with E-state index in [-0.39, 0.29) is 30.0 Å². The minimum atomic E-state index is 0. The van der Waals surface area contributed by atoms with Crippen LogP contribution in [0, 0.1) is 5.92 Å². The van der Waals surface area contributed by atoms with Crippen molar-refractivity contribution >= 4 is 29.9 Å². The molecule has 5 heteroatoms. The Morgan fingerprint density at radius 1 is 1.12 bits per heavy atom. The van der Waals surface area contributed by atoms with E-state index in [1.165, 1.54) is 5.56 Å². The summed E-state index contributed by atoms with van der Waals surface area (Å²) in [7, 11) is 0. The van der Waals surface area contributed by atoms with E-state index in [1.807, 2.05) is 18.2 Å². The number of hydrogen-bond donors (Lipinski definition) is 2. The number of aliphatic imine (C=N–C) groups is 1. The number of nitrogens with one attached hydrogen (secondary N) is 1. The molecule has 0 spiro atoms. The normalized spacial score (nSPS) is 24.5. The van der Waals surface area contributed by atoms with Crippen LogP contribution in [0.4, 0.5) is 0 Å². The summed E-state index contributed by atoms with van der Waals surface area (Å²) in [5.74, 6) is 2.14. The third-order valence-corrected chi connectivity index (χ3v) is 4.82. The van der Waals surface area contributed by atoms with Gasteiger partial charge in [0.25, 0.3) is 0 Å². The van der Waals surface area contributed by atoms with Gasteiger partial charge in [-0.15, -0.1) is 24.0 Å². The number of hydrogen-bond acceptors (Lipinski definition) is 2. The zero-order valence-electron chi connectivity index (χ0n) is 14.1. The quantitative estimate of drug-likeness (QED) is 0.426. The van der Waals surface area contributed by atoms with Crippen LogP contribution >= 0.6 is 24.0 Å². The van der Waals surface area contributed by atoms with Crippen LogP contribution in [0.2, 0.25) is 0 Å². The Kier molecular flexibility index (Phi) is 5.83. The Balaban J connectivity index is 0.00000182. The Bertz CT molecular complexity index is 735. The second-order valence-corrected chi connectivity index (χ2v) is 6.64. The van der Waals surface area contributed by atoms with Crippen molar-refractivity contribution in [1.82, 2.24) is 5.32 Å². The molecule has 0 bridgehead atoms. The van der Waals surface area contributed by atoms with Gasteiger partial charge in [-0.1, -0.05) is 48.5 Å². The molecular formula is C20H24IN3O. The van der Waals surface area contributed by atoms with Gasteiger partial charge < -0.3 is 15.8 Å². The van der Waals surface area contributed by atoms with Gasteiger partial charge >= 0.3 is 0 Å². The molecule has 1 fully saturated rings. The van der Waals surface area contributed by atoms with E-state index in [9.17, 15) is 0 Å². The molecule has 4 rings (SSSR count). The van der Waals surface area contributed by atoms with E-state index in [0.717, 1.165) is 30.6 Å². The van der Waals surface area contributed by atoms with Crippen molar-refractivity contribution in [1.29, 1.82) is 0 Å². The predicted molar refractivity (Wildman–Crippen MR) is 112 cm³/mol. The molecule has 1 aliphatic carbocycles. The number of guanidine groups is 1. The Hall–Kier alpha value is -1.76. The summed E-state index contributed by atoms with van der Waals surface area (Å²) in [6.07, 6.45) is 3.14. The molecule has 1 saturated carbocycles. The van der Waals surface area contributed by atoms with Gasteiger partial charge in [-0.3, -0.25) is 0 Å². The van der Waals surface area contributed by atoms with Crippen LogP contribution in [-0.2, 0) is 6.42 Å². The first-order chi connectivity index (χ1) is 11.8. The number of nitrogens with two attached hydrogens (primary N) is 1. The van der Waals surface area contributed by atoms with Crippen LogP contribution in [0.5, 0.6) is 5.75 Å². The van der Waals surface area contributed by atoms with E-state index in [4.69, 9.17) is 15.5 Å². The van der Waals surface area contributed by atoms with Crippen LogP contribution in [0.15, 0.2) is 59.6 Å². The number of rotatable bonds is 4. The fourth-order valence-electron chi connectivity index (χ4n) is 3.42. The Labute approximate surface area is 165 Å². The van der Waals surface area contributed by atoms with Gasteiger partial charge in [0.15, 0.2) is 5.96 Å². The third-order valence-electron chi connectivity index (χ3n) is 4.82. The minimum Gasteiger partial charge on any atom is -0.493 e. The summed E-state index contributed by atoms with van der Waals surface area (Å²) >= 11 is 0. The largest absolute Gasteiger partial charge is 0.493 e. The summed E-state index contributed by atoms with van der Waals surface area (Å²) in [5.41, 5.74) is 8.68. The summed E-state index contributed by atoms with van der Waals surface area (Å²) in [6, 6.07) is 19.2. The second-order valence-electron chi connectivity index (χ2n) is 6.64. The molecule has 0 amide bonds. The Morgan fingerprint density at radius 2 is 1.88 bits per heavy atom. The first-order valence-corrected chi connectivity index (χ1v) is 8.65. The van der Waals surface area contributed by atoms with Crippen molar-refractivity contribution in [2.45, 2.75) is 31.3 Å². The maximum atomic E-state index is 6.16. The number of halogens is 1. The fourth-order valence-corrected chi connectivity index (χ4v) is 3.42. The molecule has 1 aliphatic heterocycles. The first-order valence-electron chi connectivity index (χ1n) is 8.65. The SMILES string of the molecule is I.NC(=NC1CCOc2ccccc21)NC1CC1Cc1ccccc1. The molecule has 3 unspecified atom stereocenters. The third kappa shape index (κ3) is 4.45. The van der Waals surface area contributed by atoms with Crippen LogP contribution in [-0.4, -0.2) is 18.6 Å². The minimum absolute atomic E-state index is 0. The number of nitrogens with zero attached hydrogens (tertiary/aromatic N) is 1. The molecular weight excluding hydrogens is 425 g/mol. The van der Waals surface area contributed by atoms with Crippen LogP contribution in [0.25, 0.3) is 0 Å². The highest BCUT2D eigenvalue weighted by atomic mass is 127. The summed E-state index contributed by atoms with van der Waals surface area (Å²) in [6.45, 7) is 0.693. The van der Waals surface area contributed by atoms with Gasteiger partial charge in [0.1, 0.15) is 5.75 Å². The molecule has 2 aliphatic rings. The van der Waals surface area contributed by atoms with Crippen molar-refractivity contribution in [3.05, 3.63) is 65.7 Å². The van der Waals surface area contributed by atoms with Crippen molar-refractivity contribution in [2.75, 3.05) is 6.61 Å². The molecule has 25 heavy (non-hydrogen) atoms. The van der Waals surface area contributed by atoms with Gasteiger partial charge in [-0.25, -0.2) is 4.99 Å². The number of ether oxygens (including phenoxy) is 1. The predicted octanol–water partition coefficient (Wildman–Crippen LogP) is 3.66. The lowest BCUT2D eigenvalue weighted by Crippen LogP contribution is -2.35. The zero-order valence-corrected chi connectivity index (χ0v) is 16.4. The van der Waals surface area contributed by atoms with E-state index in [2.05, 4.69) is 41.7 Å². The summed E-state index contributed by atoms with van der Waals surface area (Å²) in [4.78, 5) is 4.70.